The van der Waals surface area contributed by atoms with Gasteiger partial charge in [0, 0.05) is 75.6 Å². The minimum absolute atomic E-state index is 0.0787. The van der Waals surface area contributed by atoms with Crippen LogP contribution >= 0.6 is 136 Å². The van der Waals surface area contributed by atoms with Gasteiger partial charge in [0.05, 0.1) is 73.3 Å². The first-order valence-electron chi connectivity index (χ1n) is 17.2. The number of nitrogens with zero attached hydrogens (tertiary/aromatic N) is 6. The molecule has 2 atom stereocenters. The molecule has 0 aliphatic carbocycles. The summed E-state index contributed by atoms with van der Waals surface area (Å²) in [5, 5.41) is 58.0. The molecule has 0 radical (unpaired) electrons. The van der Waals surface area contributed by atoms with Gasteiger partial charge in [-0.05, 0) is 142 Å². The highest BCUT2D eigenvalue weighted by molar-refractivity contribution is 14.1. The summed E-state index contributed by atoms with van der Waals surface area (Å²) in [5.74, 6) is -3.57. The van der Waals surface area contributed by atoms with E-state index in [9.17, 15) is 59.4 Å². The van der Waals surface area contributed by atoms with Crippen molar-refractivity contribution < 1.29 is 59.4 Å². The lowest BCUT2D eigenvalue weighted by molar-refractivity contribution is -0.121. The zero-order valence-electron chi connectivity index (χ0n) is 32.6. The molecule has 18 nitrogen and oxygen atoms in total. The number of carbonyl (C=O) groups excluding carboxylic acids is 6. The Morgan fingerprint density at radius 3 is 0.949 bits per heavy atom. The second-order valence-electron chi connectivity index (χ2n) is 13.2. The van der Waals surface area contributed by atoms with E-state index in [1.807, 2.05) is 136 Å². The highest BCUT2D eigenvalue weighted by Crippen LogP contribution is 2.40. The highest BCUT2D eigenvalue weighted by atomic mass is 127. The van der Waals surface area contributed by atoms with Crippen LogP contribution in [0.25, 0.3) is 0 Å². The summed E-state index contributed by atoms with van der Waals surface area (Å²) >= 11 is 11.4. The molecule has 2 unspecified atom stereocenters. The van der Waals surface area contributed by atoms with Crippen molar-refractivity contribution in [2.45, 2.75) is 18.6 Å². The Kier molecular flexibility index (Phi) is 22.6. The van der Waals surface area contributed by atoms with E-state index in [1.165, 1.54) is 61.9 Å². The molecule has 0 saturated heterocycles. The number of carbonyl (C=O) groups is 6. The Hall–Kier alpha value is -0.600. The third-order valence-corrected chi connectivity index (χ3v) is 15.3. The topological polar surface area (TPSA) is 243 Å². The molecule has 24 heteroatoms. The largest absolute Gasteiger partial charge is 0.394 e. The fourth-order valence-corrected chi connectivity index (χ4v) is 15.2. The minimum atomic E-state index is -1.22. The molecule has 2 aromatic carbocycles. The smallest absolute Gasteiger partial charge is 0.255 e. The third kappa shape index (κ3) is 12.8. The number of hydrogen-bond donors (Lipinski definition) is 6. The van der Waals surface area contributed by atoms with Crippen LogP contribution in [0.2, 0.25) is 0 Å². The van der Waals surface area contributed by atoms with E-state index in [4.69, 9.17) is 0 Å². The number of aliphatic hydroxyl groups is 6. The molecule has 59 heavy (non-hydrogen) atoms. The minimum Gasteiger partial charge on any atom is -0.394 e. The number of aliphatic hydroxyl groups excluding tert-OH is 6. The molecular weight excluding hydrogens is 1460 g/mol. The van der Waals surface area contributed by atoms with Crippen molar-refractivity contribution in [3.8, 4) is 0 Å². The molecule has 0 spiro atoms. The zero-order valence-corrected chi connectivity index (χ0v) is 45.5. The van der Waals surface area contributed by atoms with Gasteiger partial charge in [0.2, 0.25) is 0 Å². The van der Waals surface area contributed by atoms with Gasteiger partial charge in [-0.3, -0.25) is 28.8 Å². The van der Waals surface area contributed by atoms with Gasteiger partial charge >= 0.3 is 0 Å². The second-order valence-corrected chi connectivity index (χ2v) is 19.6. The van der Waals surface area contributed by atoms with E-state index in [0.29, 0.717) is 14.3 Å². The molecular formula is C35H44I6N6O12. The van der Waals surface area contributed by atoms with Crippen LogP contribution in [-0.2, 0) is 9.59 Å². The Labute approximate surface area is 423 Å². The maximum atomic E-state index is 14.2. The zero-order chi connectivity index (χ0) is 45.4. The normalized spacial score (nSPS) is 12.1. The second kappa shape index (κ2) is 24.5. The molecule has 0 fully saturated rings. The van der Waals surface area contributed by atoms with E-state index >= 15 is 0 Å². The van der Waals surface area contributed by atoms with Crippen molar-refractivity contribution in [2.75, 3.05) is 105 Å². The summed E-state index contributed by atoms with van der Waals surface area (Å²) in [6.45, 7) is -3.05. The van der Waals surface area contributed by atoms with Gasteiger partial charge in [0.15, 0.2) is 0 Å². The molecule has 0 bridgehead atoms. The van der Waals surface area contributed by atoms with Crippen molar-refractivity contribution in [3.05, 3.63) is 43.7 Å². The number of hydrogen-bond acceptors (Lipinski definition) is 12. The average Bonchev–Trinajstić information content (AvgIpc) is 3.19. The number of anilines is 2. The predicted octanol–water partition coefficient (Wildman–Crippen LogP) is 1.31. The van der Waals surface area contributed by atoms with Gasteiger partial charge in [-0.15, -0.1) is 0 Å². The average molecular weight is 1500 g/mol. The predicted molar refractivity (Wildman–Crippen MR) is 269 cm³/mol. The van der Waals surface area contributed by atoms with Crippen LogP contribution in [0, 0.1) is 21.4 Å². The van der Waals surface area contributed by atoms with Crippen molar-refractivity contribution in [1.29, 1.82) is 0 Å². The fourth-order valence-electron chi connectivity index (χ4n) is 5.53. The van der Waals surface area contributed by atoms with Crippen LogP contribution in [-0.4, -0.2) is 193 Å². The standard InChI is InChI=1S/C35H44I6N6O12/c1-42(32(56)20-24(36)22(34(58)44(3)10-16(52)12-48)28(40)30(26(20)38)46(5)18(54)14-50)8-7-9-43(2)33(57)21-25(37)23(35(59)45(4)11-17(53)13-49)29(41)31(27(21)39)47(6)19(55)15-51/h16-17,48-53H,7-15H2,1-6H3. The SMILES string of the molecule is CN(CCCN(C)C(=O)c1c(I)c(C(=O)N(C)CC(O)CO)c(I)c(N(C)C(=O)CO)c1I)C(=O)c1c(I)c(C(=O)N(C)CC(O)CO)c(I)c(N(C)C(=O)CO)c1I. The lowest BCUT2D eigenvalue weighted by Crippen LogP contribution is -2.39. The van der Waals surface area contributed by atoms with Crippen molar-refractivity contribution >= 4 is 182 Å². The van der Waals surface area contributed by atoms with E-state index in [-0.39, 0.29) is 73.4 Å². The Bertz CT molecular complexity index is 1820. The Morgan fingerprint density at radius 2 is 0.712 bits per heavy atom. The van der Waals surface area contributed by atoms with E-state index in [2.05, 4.69) is 0 Å². The maximum absolute atomic E-state index is 14.2. The monoisotopic (exact) mass is 1500 g/mol. The molecule has 0 saturated carbocycles. The van der Waals surface area contributed by atoms with E-state index < -0.39 is 74.1 Å². The van der Waals surface area contributed by atoms with Gasteiger partial charge in [0.1, 0.15) is 13.2 Å². The van der Waals surface area contributed by atoms with E-state index in [1.54, 1.807) is 0 Å². The molecule has 0 aliphatic heterocycles. The summed E-state index contributed by atoms with van der Waals surface area (Å²) in [4.78, 5) is 88.9. The molecule has 0 heterocycles. The van der Waals surface area contributed by atoms with Crippen LogP contribution in [0.5, 0.6) is 0 Å². The van der Waals surface area contributed by atoms with Gasteiger partial charge in [0.25, 0.3) is 35.4 Å². The summed E-state index contributed by atoms with van der Waals surface area (Å²) < 4.78 is 1.87. The summed E-state index contributed by atoms with van der Waals surface area (Å²) in [6.07, 6.45) is -2.19. The molecule has 2 aromatic rings. The summed E-state index contributed by atoms with van der Waals surface area (Å²) in [7, 11) is 8.73. The van der Waals surface area contributed by atoms with Crippen LogP contribution in [0.4, 0.5) is 11.4 Å². The van der Waals surface area contributed by atoms with Crippen LogP contribution in [0.3, 0.4) is 0 Å². The molecule has 328 valence electrons. The van der Waals surface area contributed by atoms with Crippen LogP contribution in [0.15, 0.2) is 0 Å². The third-order valence-electron chi connectivity index (χ3n) is 8.90. The highest BCUT2D eigenvalue weighted by Gasteiger charge is 2.35. The number of amides is 6. The molecule has 0 aliphatic rings. The number of rotatable bonds is 18. The molecule has 0 aromatic heterocycles. The molecule has 6 N–H and O–H groups in total. The maximum Gasteiger partial charge on any atom is 0.255 e. The first-order chi connectivity index (χ1) is 27.5. The van der Waals surface area contributed by atoms with Crippen molar-refractivity contribution in [1.82, 2.24) is 19.6 Å². The first kappa shape index (κ1) is 54.5. The lowest BCUT2D eigenvalue weighted by Gasteiger charge is -2.29. The summed E-state index contributed by atoms with van der Waals surface area (Å²) in [6, 6.07) is 0. The number of likely N-dealkylation sites (N-methyl/N-ethyl adjacent to an activating group) is 4. The van der Waals surface area contributed by atoms with Crippen molar-refractivity contribution in [3.63, 3.8) is 0 Å². The van der Waals surface area contributed by atoms with E-state index in [0.717, 1.165) is 9.80 Å². The summed E-state index contributed by atoms with van der Waals surface area (Å²) in [5.41, 5.74) is 0.805. The fraction of sp³-hybridized carbons (Fsp3) is 0.486. The van der Waals surface area contributed by atoms with Gasteiger partial charge in [-0.1, -0.05) is 0 Å². The Morgan fingerprint density at radius 1 is 0.458 bits per heavy atom. The van der Waals surface area contributed by atoms with Crippen LogP contribution in [0.1, 0.15) is 47.9 Å². The van der Waals surface area contributed by atoms with Gasteiger partial charge in [-0.25, -0.2) is 0 Å². The first-order valence-corrected chi connectivity index (χ1v) is 23.7. The number of halogens is 6. The van der Waals surface area contributed by atoms with Gasteiger partial charge < -0.3 is 60.0 Å². The Balaban J connectivity index is 2.56. The van der Waals surface area contributed by atoms with Gasteiger partial charge in [-0.2, -0.15) is 0 Å². The number of benzene rings is 2. The quantitative estimate of drug-likeness (QED) is 0.116. The lowest BCUT2D eigenvalue weighted by atomic mass is 10.1. The van der Waals surface area contributed by atoms with Crippen molar-refractivity contribution in [2.24, 2.45) is 0 Å². The van der Waals surface area contributed by atoms with Crippen LogP contribution < -0.4 is 9.80 Å². The molecule has 6 amide bonds. The molecule has 2 rings (SSSR count).